The molecule has 0 saturated heterocycles. The zero-order valence-corrected chi connectivity index (χ0v) is 9.93. The molecule has 0 fully saturated rings. The Hall–Kier alpha value is 0.150. The quantitative estimate of drug-likeness (QED) is 0.446. The Bertz CT molecular complexity index is 374. The fourth-order valence-corrected chi connectivity index (χ4v) is 3.33. The van der Waals surface area contributed by atoms with Crippen molar-refractivity contribution in [3.8, 4) is 0 Å². The van der Waals surface area contributed by atoms with Gasteiger partial charge in [-0.25, -0.2) is 12.8 Å². The average molecular weight is 332 g/mol. The number of halogens is 4. The molecule has 2 rings (SSSR count). The molecule has 1 N–H and O–H groups in total. The zero-order valence-electron chi connectivity index (χ0n) is 5.94. The molecule has 0 bridgehead atoms. The van der Waals surface area contributed by atoms with Gasteiger partial charge in [-0.1, -0.05) is 0 Å². The van der Waals surface area contributed by atoms with Crippen molar-refractivity contribution in [3.63, 3.8) is 0 Å². The molecule has 70 valence electrons. The fourth-order valence-electron chi connectivity index (χ4n) is 0.959. The highest BCUT2D eigenvalue weighted by Crippen LogP contribution is 2.43. The van der Waals surface area contributed by atoms with Gasteiger partial charge < -0.3 is 0 Å². The van der Waals surface area contributed by atoms with Gasteiger partial charge in [0.2, 0.25) is 0 Å². The molecule has 0 unspecified atom stereocenters. The molecule has 0 saturated carbocycles. The summed E-state index contributed by atoms with van der Waals surface area (Å²) >= 11 is 7.32. The van der Waals surface area contributed by atoms with Crippen LogP contribution in [0, 0.1) is 11.6 Å². The van der Waals surface area contributed by atoms with Gasteiger partial charge in [-0.05, 0) is 33.9 Å². The SMILES string of the molecule is Fc1cc2c(c(Br)c1F)N(Br)NS2. The van der Waals surface area contributed by atoms with Crippen molar-refractivity contribution in [3.05, 3.63) is 22.2 Å². The minimum Gasteiger partial charge on any atom is -0.229 e. The molecule has 1 aromatic carbocycles. The lowest BCUT2D eigenvalue weighted by Gasteiger charge is -2.09. The van der Waals surface area contributed by atoms with Gasteiger partial charge in [-0.15, -0.1) is 0 Å². The first-order valence-corrected chi connectivity index (χ1v) is 5.49. The largest absolute Gasteiger partial charge is 0.229 e. The van der Waals surface area contributed by atoms with Crippen LogP contribution in [0.25, 0.3) is 0 Å². The minimum absolute atomic E-state index is 0.108. The second-order valence-electron chi connectivity index (χ2n) is 2.31. The number of rotatable bonds is 0. The van der Waals surface area contributed by atoms with E-state index < -0.39 is 11.6 Å². The lowest BCUT2D eigenvalue weighted by Crippen LogP contribution is -2.16. The molecule has 0 atom stereocenters. The van der Waals surface area contributed by atoms with E-state index in [4.69, 9.17) is 0 Å². The number of hydrogen-bond acceptors (Lipinski definition) is 3. The Morgan fingerprint density at radius 1 is 1.46 bits per heavy atom. The summed E-state index contributed by atoms with van der Waals surface area (Å²) < 4.78 is 27.5. The summed E-state index contributed by atoms with van der Waals surface area (Å²) in [7, 11) is 0. The Kier molecular flexibility index (Phi) is 2.52. The van der Waals surface area contributed by atoms with Crippen LogP contribution in [-0.2, 0) is 0 Å². The van der Waals surface area contributed by atoms with E-state index in [9.17, 15) is 8.78 Å². The highest BCUT2D eigenvalue weighted by atomic mass is 79.9. The van der Waals surface area contributed by atoms with E-state index in [-0.39, 0.29) is 4.47 Å². The lowest BCUT2D eigenvalue weighted by atomic mass is 10.3. The van der Waals surface area contributed by atoms with Gasteiger partial charge in [-0.2, -0.15) is 4.83 Å². The molecule has 13 heavy (non-hydrogen) atoms. The average Bonchev–Trinajstić information content (AvgIpc) is 2.43. The molecular formula is C6H2Br2F2N2S. The van der Waals surface area contributed by atoms with Crippen LogP contribution >= 0.6 is 44.0 Å². The topological polar surface area (TPSA) is 15.3 Å². The van der Waals surface area contributed by atoms with Crippen LogP contribution in [0.15, 0.2) is 15.4 Å². The van der Waals surface area contributed by atoms with E-state index in [1.807, 2.05) is 0 Å². The highest BCUT2D eigenvalue weighted by Gasteiger charge is 2.25. The van der Waals surface area contributed by atoms with E-state index in [2.05, 4.69) is 36.9 Å². The van der Waals surface area contributed by atoms with Crippen LogP contribution in [0.4, 0.5) is 14.5 Å². The maximum Gasteiger partial charge on any atom is 0.175 e. The zero-order chi connectivity index (χ0) is 9.59. The molecule has 1 aliphatic rings. The normalized spacial score (nSPS) is 14.9. The molecule has 1 aromatic rings. The number of hydrazine groups is 1. The number of nitrogens with zero attached hydrogens (tertiary/aromatic N) is 1. The molecule has 0 aliphatic carbocycles. The second-order valence-corrected chi connectivity index (χ2v) is 4.64. The van der Waals surface area contributed by atoms with Crippen molar-refractivity contribution >= 4 is 49.7 Å². The van der Waals surface area contributed by atoms with Crippen LogP contribution in [0.5, 0.6) is 0 Å². The molecule has 1 aliphatic heterocycles. The first-order chi connectivity index (χ1) is 6.11. The molecule has 2 nitrogen and oxygen atoms in total. The van der Waals surface area contributed by atoms with E-state index in [0.717, 1.165) is 6.07 Å². The van der Waals surface area contributed by atoms with E-state index in [0.29, 0.717) is 10.6 Å². The van der Waals surface area contributed by atoms with Gasteiger partial charge in [-0.3, -0.25) is 0 Å². The van der Waals surface area contributed by atoms with Crippen molar-refractivity contribution in [1.29, 1.82) is 0 Å². The van der Waals surface area contributed by atoms with Crippen molar-refractivity contribution < 1.29 is 8.78 Å². The lowest BCUT2D eigenvalue weighted by molar-refractivity contribution is 0.502. The van der Waals surface area contributed by atoms with Crippen LogP contribution in [0.1, 0.15) is 0 Å². The Morgan fingerprint density at radius 2 is 2.15 bits per heavy atom. The summed E-state index contributed by atoms with van der Waals surface area (Å²) in [6.45, 7) is 0. The Balaban J connectivity index is 2.68. The van der Waals surface area contributed by atoms with Gasteiger partial charge in [0.15, 0.2) is 11.6 Å². The van der Waals surface area contributed by atoms with E-state index in [1.165, 1.54) is 16.0 Å². The van der Waals surface area contributed by atoms with Gasteiger partial charge in [0.05, 0.1) is 31.2 Å². The number of hydrogen-bond donors (Lipinski definition) is 1. The number of fused-ring (bicyclic) bond motifs is 1. The fraction of sp³-hybridized carbons (Fsp3) is 0. The summed E-state index contributed by atoms with van der Waals surface area (Å²) in [5.41, 5.74) is 0.545. The van der Waals surface area contributed by atoms with Crippen molar-refractivity contribution in [1.82, 2.24) is 4.83 Å². The predicted octanol–water partition coefficient (Wildman–Crippen LogP) is 3.37. The Morgan fingerprint density at radius 3 is 2.85 bits per heavy atom. The summed E-state index contributed by atoms with van der Waals surface area (Å²) in [5.74, 6) is -1.74. The first-order valence-electron chi connectivity index (χ1n) is 3.17. The van der Waals surface area contributed by atoms with Crippen molar-refractivity contribution in [2.45, 2.75) is 4.90 Å². The summed E-state index contributed by atoms with van der Waals surface area (Å²) in [6, 6.07) is 1.15. The highest BCUT2D eigenvalue weighted by molar-refractivity contribution is 9.11. The van der Waals surface area contributed by atoms with Crippen LogP contribution in [-0.4, -0.2) is 0 Å². The van der Waals surface area contributed by atoms with Gasteiger partial charge in [0, 0.05) is 0 Å². The molecule has 7 heteroatoms. The Labute approximate surface area is 94.2 Å². The predicted molar refractivity (Wildman–Crippen MR) is 54.5 cm³/mol. The second kappa shape index (κ2) is 3.38. The van der Waals surface area contributed by atoms with Gasteiger partial charge in [0.1, 0.15) is 0 Å². The number of anilines is 1. The monoisotopic (exact) mass is 330 g/mol. The van der Waals surface area contributed by atoms with E-state index >= 15 is 0 Å². The maximum atomic E-state index is 13.1. The van der Waals surface area contributed by atoms with Crippen molar-refractivity contribution in [2.75, 3.05) is 4.03 Å². The summed E-state index contributed by atoms with van der Waals surface area (Å²) in [4.78, 5) is 3.41. The third-order valence-corrected chi connectivity index (χ3v) is 3.83. The smallest absolute Gasteiger partial charge is 0.175 e. The third-order valence-electron chi connectivity index (χ3n) is 1.53. The minimum atomic E-state index is -0.882. The number of nitrogens with one attached hydrogen (secondary N) is 1. The molecule has 1 heterocycles. The van der Waals surface area contributed by atoms with Crippen LogP contribution in [0.3, 0.4) is 0 Å². The number of benzene rings is 1. The standard InChI is InChI=1S/C6H2Br2F2N2S/c7-4-5(10)2(9)1-3-6(4)12(8)11-13-3/h1,11H. The molecule has 0 amide bonds. The maximum absolute atomic E-state index is 13.1. The molecular weight excluding hydrogens is 330 g/mol. The van der Waals surface area contributed by atoms with Gasteiger partial charge >= 0.3 is 0 Å². The van der Waals surface area contributed by atoms with Crippen molar-refractivity contribution in [2.24, 2.45) is 0 Å². The van der Waals surface area contributed by atoms with Crippen LogP contribution in [0.2, 0.25) is 0 Å². The van der Waals surface area contributed by atoms with Crippen LogP contribution < -0.4 is 8.87 Å². The molecule has 0 aromatic heterocycles. The summed E-state index contributed by atoms with van der Waals surface area (Å²) in [5, 5.41) is 0. The van der Waals surface area contributed by atoms with E-state index in [1.54, 1.807) is 0 Å². The van der Waals surface area contributed by atoms with Gasteiger partial charge in [0.25, 0.3) is 0 Å². The molecule has 0 radical (unpaired) electrons. The molecule has 0 spiro atoms. The first kappa shape index (κ1) is 9.70. The summed E-state index contributed by atoms with van der Waals surface area (Å²) in [6.07, 6.45) is 0. The third kappa shape index (κ3) is 1.47.